The number of halogens is 1. The van der Waals surface area contributed by atoms with Crippen LogP contribution in [0.4, 0.5) is 0 Å². The standard InChI is InChI=1S/C13H17BrN4/c1-8(15-4)12-6-5-11(7-13(12)14)18-10(3)16-9(2)17-18/h5-8,15H,1-4H3. The fourth-order valence-corrected chi connectivity index (χ4v) is 2.63. The van der Waals surface area contributed by atoms with Crippen LogP contribution in [0, 0.1) is 13.8 Å². The maximum atomic E-state index is 4.39. The summed E-state index contributed by atoms with van der Waals surface area (Å²) in [7, 11) is 1.95. The molecule has 0 saturated carbocycles. The van der Waals surface area contributed by atoms with Gasteiger partial charge in [0, 0.05) is 10.5 Å². The molecule has 5 heteroatoms. The number of rotatable bonds is 3. The molecule has 0 saturated heterocycles. The first kappa shape index (κ1) is 13.2. The molecule has 0 aliphatic rings. The lowest BCUT2D eigenvalue weighted by molar-refractivity contribution is 0.649. The van der Waals surface area contributed by atoms with Crippen LogP contribution < -0.4 is 5.32 Å². The third kappa shape index (κ3) is 2.47. The summed E-state index contributed by atoms with van der Waals surface area (Å²) in [6, 6.07) is 6.56. The molecule has 0 fully saturated rings. The number of nitrogens with zero attached hydrogens (tertiary/aromatic N) is 3. The minimum absolute atomic E-state index is 0.312. The van der Waals surface area contributed by atoms with E-state index in [4.69, 9.17) is 0 Å². The zero-order chi connectivity index (χ0) is 13.3. The van der Waals surface area contributed by atoms with Gasteiger partial charge in [-0.2, -0.15) is 5.10 Å². The predicted octanol–water partition coefficient (Wildman–Crippen LogP) is 2.93. The van der Waals surface area contributed by atoms with Crippen molar-refractivity contribution in [3.8, 4) is 5.69 Å². The molecular weight excluding hydrogens is 292 g/mol. The summed E-state index contributed by atoms with van der Waals surface area (Å²) in [5, 5.41) is 7.62. The topological polar surface area (TPSA) is 42.7 Å². The Morgan fingerprint density at radius 2 is 2.06 bits per heavy atom. The second kappa shape index (κ2) is 5.20. The van der Waals surface area contributed by atoms with Gasteiger partial charge in [0.2, 0.25) is 0 Å². The highest BCUT2D eigenvalue weighted by Crippen LogP contribution is 2.26. The summed E-state index contributed by atoms with van der Waals surface area (Å²) >= 11 is 3.62. The maximum Gasteiger partial charge on any atom is 0.148 e. The molecule has 1 aromatic carbocycles. The van der Waals surface area contributed by atoms with Crippen LogP contribution in [0.1, 0.15) is 30.2 Å². The van der Waals surface area contributed by atoms with E-state index < -0.39 is 0 Å². The van der Waals surface area contributed by atoms with Crippen molar-refractivity contribution in [1.29, 1.82) is 0 Å². The molecular formula is C13H17BrN4. The van der Waals surface area contributed by atoms with Gasteiger partial charge in [-0.15, -0.1) is 0 Å². The normalized spacial score (nSPS) is 12.7. The Kier molecular flexibility index (Phi) is 3.82. The van der Waals surface area contributed by atoms with E-state index in [-0.39, 0.29) is 0 Å². The molecule has 0 spiro atoms. The van der Waals surface area contributed by atoms with Crippen LogP contribution in [0.15, 0.2) is 22.7 Å². The number of aryl methyl sites for hydroxylation is 2. The molecule has 0 bridgehead atoms. The summed E-state index contributed by atoms with van der Waals surface area (Å²) < 4.78 is 2.93. The second-order valence-electron chi connectivity index (χ2n) is 4.33. The lowest BCUT2D eigenvalue weighted by atomic mass is 10.1. The highest BCUT2D eigenvalue weighted by molar-refractivity contribution is 9.10. The van der Waals surface area contributed by atoms with E-state index in [2.05, 4.69) is 56.5 Å². The SMILES string of the molecule is CNC(C)c1ccc(-n2nc(C)nc2C)cc1Br. The number of benzene rings is 1. The molecule has 96 valence electrons. The van der Waals surface area contributed by atoms with Gasteiger partial charge >= 0.3 is 0 Å². The van der Waals surface area contributed by atoms with Crippen molar-refractivity contribution in [3.63, 3.8) is 0 Å². The summed E-state index contributed by atoms with van der Waals surface area (Å²) in [6.07, 6.45) is 0. The Hall–Kier alpha value is -1.20. The zero-order valence-corrected chi connectivity index (χ0v) is 12.6. The largest absolute Gasteiger partial charge is 0.313 e. The molecule has 2 rings (SSSR count). The highest BCUT2D eigenvalue weighted by atomic mass is 79.9. The molecule has 1 atom stereocenters. The molecule has 4 nitrogen and oxygen atoms in total. The predicted molar refractivity (Wildman–Crippen MR) is 76.0 cm³/mol. The monoisotopic (exact) mass is 308 g/mol. The van der Waals surface area contributed by atoms with Crippen molar-refractivity contribution >= 4 is 15.9 Å². The van der Waals surface area contributed by atoms with Crippen molar-refractivity contribution < 1.29 is 0 Å². The lowest BCUT2D eigenvalue weighted by Gasteiger charge is -2.14. The van der Waals surface area contributed by atoms with Gasteiger partial charge in [0.1, 0.15) is 11.6 Å². The first-order valence-corrected chi connectivity index (χ1v) is 6.69. The molecule has 1 N–H and O–H groups in total. The van der Waals surface area contributed by atoms with Crippen molar-refractivity contribution in [3.05, 3.63) is 39.9 Å². The van der Waals surface area contributed by atoms with Gasteiger partial charge < -0.3 is 5.32 Å². The number of nitrogens with one attached hydrogen (secondary N) is 1. The van der Waals surface area contributed by atoms with Crippen molar-refractivity contribution in [1.82, 2.24) is 20.1 Å². The third-order valence-corrected chi connectivity index (χ3v) is 3.69. The number of hydrogen-bond donors (Lipinski definition) is 1. The molecule has 0 aliphatic heterocycles. The quantitative estimate of drug-likeness (QED) is 0.948. The average Bonchev–Trinajstić information content (AvgIpc) is 2.67. The highest BCUT2D eigenvalue weighted by Gasteiger charge is 2.10. The maximum absolute atomic E-state index is 4.39. The lowest BCUT2D eigenvalue weighted by Crippen LogP contribution is -2.13. The molecule has 0 radical (unpaired) electrons. The summed E-state index contributed by atoms with van der Waals surface area (Å²) in [6.45, 7) is 5.98. The van der Waals surface area contributed by atoms with Gasteiger partial charge in [0.05, 0.1) is 5.69 Å². The van der Waals surface area contributed by atoms with E-state index in [1.165, 1.54) is 5.56 Å². The van der Waals surface area contributed by atoms with Gasteiger partial charge in [-0.25, -0.2) is 9.67 Å². The smallest absolute Gasteiger partial charge is 0.148 e. The first-order chi connectivity index (χ1) is 8.52. The van der Waals surface area contributed by atoms with E-state index in [0.717, 1.165) is 21.8 Å². The van der Waals surface area contributed by atoms with Crippen LogP contribution in [0.2, 0.25) is 0 Å². The van der Waals surface area contributed by atoms with Gasteiger partial charge in [-0.05, 0) is 45.5 Å². The van der Waals surface area contributed by atoms with Crippen LogP contribution in [0.5, 0.6) is 0 Å². The number of aromatic nitrogens is 3. The van der Waals surface area contributed by atoms with Crippen LogP contribution in [0.3, 0.4) is 0 Å². The molecule has 1 aromatic heterocycles. The Balaban J connectivity index is 2.43. The van der Waals surface area contributed by atoms with E-state index >= 15 is 0 Å². The van der Waals surface area contributed by atoms with Gasteiger partial charge in [0.25, 0.3) is 0 Å². The van der Waals surface area contributed by atoms with E-state index in [9.17, 15) is 0 Å². The average molecular weight is 309 g/mol. The van der Waals surface area contributed by atoms with Gasteiger partial charge in [-0.3, -0.25) is 0 Å². The van der Waals surface area contributed by atoms with E-state index in [0.29, 0.717) is 6.04 Å². The molecule has 18 heavy (non-hydrogen) atoms. The van der Waals surface area contributed by atoms with E-state index in [1.54, 1.807) is 0 Å². The van der Waals surface area contributed by atoms with Crippen LogP contribution >= 0.6 is 15.9 Å². The van der Waals surface area contributed by atoms with Gasteiger partial charge in [-0.1, -0.05) is 22.0 Å². The third-order valence-electron chi connectivity index (χ3n) is 3.00. The minimum atomic E-state index is 0.312. The van der Waals surface area contributed by atoms with Crippen molar-refractivity contribution in [2.24, 2.45) is 0 Å². The Bertz CT molecular complexity index is 562. The Morgan fingerprint density at radius 1 is 1.33 bits per heavy atom. The van der Waals surface area contributed by atoms with Crippen molar-refractivity contribution in [2.75, 3.05) is 7.05 Å². The molecule has 2 aromatic rings. The second-order valence-corrected chi connectivity index (χ2v) is 5.19. The molecule has 1 heterocycles. The fraction of sp³-hybridized carbons (Fsp3) is 0.385. The van der Waals surface area contributed by atoms with Gasteiger partial charge in [0.15, 0.2) is 0 Å². The molecule has 0 amide bonds. The molecule has 1 unspecified atom stereocenters. The fourth-order valence-electron chi connectivity index (χ4n) is 1.92. The summed E-state index contributed by atoms with van der Waals surface area (Å²) in [5.41, 5.74) is 2.25. The van der Waals surface area contributed by atoms with Crippen molar-refractivity contribution in [2.45, 2.75) is 26.8 Å². The summed E-state index contributed by atoms with van der Waals surface area (Å²) in [5.74, 6) is 1.69. The zero-order valence-electron chi connectivity index (χ0n) is 11.0. The first-order valence-electron chi connectivity index (χ1n) is 5.90. The summed E-state index contributed by atoms with van der Waals surface area (Å²) in [4.78, 5) is 4.32. The Morgan fingerprint density at radius 3 is 2.56 bits per heavy atom. The van der Waals surface area contributed by atoms with Crippen LogP contribution in [-0.2, 0) is 0 Å². The molecule has 0 aliphatic carbocycles. The van der Waals surface area contributed by atoms with Crippen LogP contribution in [0.25, 0.3) is 5.69 Å². The van der Waals surface area contributed by atoms with Crippen LogP contribution in [-0.4, -0.2) is 21.8 Å². The van der Waals surface area contributed by atoms with E-state index in [1.807, 2.05) is 25.6 Å². The Labute approximate surface area is 116 Å². The minimum Gasteiger partial charge on any atom is -0.313 e. The number of hydrogen-bond acceptors (Lipinski definition) is 3.